The number of anilines is 1. The van der Waals surface area contributed by atoms with Gasteiger partial charge >= 0.3 is 6.03 Å². The molecule has 0 aliphatic carbocycles. The Labute approximate surface area is 142 Å². The lowest BCUT2D eigenvalue weighted by Gasteiger charge is -2.26. The van der Waals surface area contributed by atoms with E-state index in [4.69, 9.17) is 4.74 Å². The number of urea groups is 1. The first-order chi connectivity index (χ1) is 11.5. The van der Waals surface area contributed by atoms with Gasteiger partial charge in [0, 0.05) is 51.5 Å². The predicted molar refractivity (Wildman–Crippen MR) is 93.5 cm³/mol. The molecule has 1 aromatic carbocycles. The Bertz CT molecular complexity index is 583. The second-order valence-corrected chi connectivity index (χ2v) is 6.06. The number of ether oxygens (including phenoxy) is 1. The van der Waals surface area contributed by atoms with Crippen LogP contribution in [0.25, 0.3) is 0 Å². The summed E-state index contributed by atoms with van der Waals surface area (Å²) in [5, 5.41) is 5.67. The molecule has 2 N–H and O–H groups in total. The summed E-state index contributed by atoms with van der Waals surface area (Å²) in [5.74, 6) is -0.0919. The van der Waals surface area contributed by atoms with Crippen LogP contribution in [0.5, 0.6) is 0 Å². The summed E-state index contributed by atoms with van der Waals surface area (Å²) in [4.78, 5) is 27.8. The average Bonchev–Trinajstić information content (AvgIpc) is 2.57. The van der Waals surface area contributed by atoms with Gasteiger partial charge in [0.15, 0.2) is 0 Å². The summed E-state index contributed by atoms with van der Waals surface area (Å²) in [6.45, 7) is 6.56. The Balaban J connectivity index is 1.86. The molecule has 1 fully saturated rings. The molecule has 0 aromatic heterocycles. The van der Waals surface area contributed by atoms with Crippen molar-refractivity contribution < 1.29 is 14.3 Å². The predicted octanol–water partition coefficient (Wildman–Crippen LogP) is 1.15. The minimum absolute atomic E-state index is 0.0919. The van der Waals surface area contributed by atoms with Gasteiger partial charge in [0.25, 0.3) is 5.91 Å². The van der Waals surface area contributed by atoms with Crippen LogP contribution < -0.4 is 10.6 Å². The molecule has 2 rings (SSSR count). The minimum Gasteiger partial charge on any atom is -0.379 e. The van der Waals surface area contributed by atoms with Gasteiger partial charge in [-0.1, -0.05) is 6.07 Å². The van der Waals surface area contributed by atoms with E-state index in [0.717, 1.165) is 38.4 Å². The summed E-state index contributed by atoms with van der Waals surface area (Å²) in [7, 11) is 3.40. The Morgan fingerprint density at radius 3 is 2.62 bits per heavy atom. The van der Waals surface area contributed by atoms with Gasteiger partial charge < -0.3 is 20.3 Å². The summed E-state index contributed by atoms with van der Waals surface area (Å²) >= 11 is 0. The van der Waals surface area contributed by atoms with Gasteiger partial charge in [-0.25, -0.2) is 4.79 Å². The van der Waals surface area contributed by atoms with Crippen LogP contribution >= 0.6 is 0 Å². The average molecular weight is 334 g/mol. The fourth-order valence-electron chi connectivity index (χ4n) is 2.47. The quantitative estimate of drug-likeness (QED) is 0.847. The molecule has 3 amide bonds. The number of benzene rings is 1. The minimum atomic E-state index is -0.263. The van der Waals surface area contributed by atoms with E-state index in [-0.39, 0.29) is 11.9 Å². The Morgan fingerprint density at radius 2 is 1.96 bits per heavy atom. The van der Waals surface area contributed by atoms with Crippen LogP contribution in [0, 0.1) is 6.92 Å². The number of nitrogens with one attached hydrogen (secondary N) is 2. The highest BCUT2D eigenvalue weighted by Gasteiger charge is 2.13. The van der Waals surface area contributed by atoms with Crippen molar-refractivity contribution in [3.8, 4) is 0 Å². The van der Waals surface area contributed by atoms with Crippen molar-refractivity contribution in [3.63, 3.8) is 0 Å². The molecule has 0 saturated carbocycles. The molecule has 24 heavy (non-hydrogen) atoms. The monoisotopic (exact) mass is 334 g/mol. The standard InChI is InChI=1S/C17H26N4O3/c1-13-4-5-14(16(22)20(2)3)12-15(13)19-17(23)18-6-7-21-8-10-24-11-9-21/h4-5,12H,6-11H2,1-3H3,(H2,18,19,23). The smallest absolute Gasteiger partial charge is 0.319 e. The third-order valence-corrected chi connectivity index (χ3v) is 3.96. The van der Waals surface area contributed by atoms with Crippen molar-refractivity contribution in [3.05, 3.63) is 29.3 Å². The van der Waals surface area contributed by atoms with Gasteiger partial charge in [-0.3, -0.25) is 9.69 Å². The van der Waals surface area contributed by atoms with Gasteiger partial charge in [0.2, 0.25) is 0 Å². The Hall–Kier alpha value is -2.12. The number of carbonyl (C=O) groups is 2. The summed E-state index contributed by atoms with van der Waals surface area (Å²) in [6.07, 6.45) is 0. The third kappa shape index (κ3) is 5.21. The van der Waals surface area contributed by atoms with Gasteiger partial charge in [-0.05, 0) is 24.6 Å². The molecule has 7 nitrogen and oxygen atoms in total. The fourth-order valence-corrected chi connectivity index (χ4v) is 2.47. The number of hydrogen-bond donors (Lipinski definition) is 2. The highest BCUT2D eigenvalue weighted by atomic mass is 16.5. The van der Waals surface area contributed by atoms with E-state index in [2.05, 4.69) is 15.5 Å². The normalized spacial score (nSPS) is 15.0. The third-order valence-electron chi connectivity index (χ3n) is 3.96. The van der Waals surface area contributed by atoms with E-state index in [0.29, 0.717) is 17.8 Å². The van der Waals surface area contributed by atoms with Crippen molar-refractivity contribution >= 4 is 17.6 Å². The number of carbonyl (C=O) groups excluding carboxylic acids is 2. The van der Waals surface area contributed by atoms with E-state index >= 15 is 0 Å². The number of aryl methyl sites for hydroxylation is 1. The van der Waals surface area contributed by atoms with Crippen molar-refractivity contribution in [2.24, 2.45) is 0 Å². The molecule has 132 valence electrons. The van der Waals surface area contributed by atoms with E-state index in [1.54, 1.807) is 26.2 Å². The lowest BCUT2D eigenvalue weighted by Crippen LogP contribution is -2.42. The second kappa shape index (κ2) is 8.65. The maximum absolute atomic E-state index is 12.1. The van der Waals surface area contributed by atoms with Crippen LogP contribution in [0.4, 0.5) is 10.5 Å². The van der Waals surface area contributed by atoms with Gasteiger partial charge in [0.1, 0.15) is 0 Å². The van der Waals surface area contributed by atoms with Crippen LogP contribution in [-0.2, 0) is 4.74 Å². The van der Waals surface area contributed by atoms with Crippen molar-refractivity contribution in [2.45, 2.75) is 6.92 Å². The second-order valence-electron chi connectivity index (χ2n) is 6.06. The topological polar surface area (TPSA) is 73.9 Å². The number of rotatable bonds is 5. The molecule has 1 aromatic rings. The van der Waals surface area contributed by atoms with Crippen molar-refractivity contribution in [1.29, 1.82) is 0 Å². The zero-order chi connectivity index (χ0) is 17.5. The molecule has 0 unspecified atom stereocenters. The first-order valence-electron chi connectivity index (χ1n) is 8.14. The fraction of sp³-hybridized carbons (Fsp3) is 0.529. The first kappa shape index (κ1) is 18.2. The summed E-state index contributed by atoms with van der Waals surface area (Å²) < 4.78 is 5.29. The SMILES string of the molecule is Cc1ccc(C(=O)N(C)C)cc1NC(=O)NCCN1CCOCC1. The van der Waals surface area contributed by atoms with E-state index in [1.807, 2.05) is 13.0 Å². The summed E-state index contributed by atoms with van der Waals surface area (Å²) in [6, 6.07) is 5.04. The number of morpholine rings is 1. The first-order valence-corrected chi connectivity index (χ1v) is 8.14. The van der Waals surface area contributed by atoms with Crippen molar-refractivity contribution in [2.75, 3.05) is 58.8 Å². The van der Waals surface area contributed by atoms with Gasteiger partial charge in [0.05, 0.1) is 13.2 Å². The molecule has 0 spiro atoms. The number of nitrogens with zero attached hydrogens (tertiary/aromatic N) is 2. The molecular formula is C17H26N4O3. The van der Waals surface area contributed by atoms with Crippen LogP contribution in [0.2, 0.25) is 0 Å². The molecular weight excluding hydrogens is 308 g/mol. The van der Waals surface area contributed by atoms with Crippen LogP contribution in [-0.4, -0.2) is 75.2 Å². The highest BCUT2D eigenvalue weighted by molar-refractivity contribution is 5.97. The zero-order valence-electron chi connectivity index (χ0n) is 14.6. The van der Waals surface area contributed by atoms with E-state index in [1.165, 1.54) is 4.90 Å². The van der Waals surface area contributed by atoms with Crippen LogP contribution in [0.15, 0.2) is 18.2 Å². The largest absolute Gasteiger partial charge is 0.379 e. The number of amides is 3. The Morgan fingerprint density at radius 1 is 1.25 bits per heavy atom. The van der Waals surface area contributed by atoms with Gasteiger partial charge in [-0.2, -0.15) is 0 Å². The molecule has 0 atom stereocenters. The molecule has 1 aliphatic rings. The molecule has 1 saturated heterocycles. The summed E-state index contributed by atoms with van der Waals surface area (Å²) in [5.41, 5.74) is 2.11. The van der Waals surface area contributed by atoms with Gasteiger partial charge in [-0.15, -0.1) is 0 Å². The molecule has 0 bridgehead atoms. The van der Waals surface area contributed by atoms with Crippen molar-refractivity contribution in [1.82, 2.24) is 15.1 Å². The van der Waals surface area contributed by atoms with Crippen LogP contribution in [0.1, 0.15) is 15.9 Å². The van der Waals surface area contributed by atoms with E-state index in [9.17, 15) is 9.59 Å². The molecule has 7 heteroatoms. The number of hydrogen-bond acceptors (Lipinski definition) is 4. The lowest BCUT2D eigenvalue weighted by atomic mass is 10.1. The van der Waals surface area contributed by atoms with Crippen LogP contribution in [0.3, 0.4) is 0 Å². The Kier molecular flexibility index (Phi) is 6.57. The maximum atomic E-state index is 12.1. The molecule has 1 aliphatic heterocycles. The molecule has 1 heterocycles. The van der Waals surface area contributed by atoms with E-state index < -0.39 is 0 Å². The highest BCUT2D eigenvalue weighted by Crippen LogP contribution is 2.17. The maximum Gasteiger partial charge on any atom is 0.319 e. The molecule has 0 radical (unpaired) electrons. The lowest BCUT2D eigenvalue weighted by molar-refractivity contribution is 0.0388. The zero-order valence-corrected chi connectivity index (χ0v) is 14.6.